The van der Waals surface area contributed by atoms with Crippen molar-refractivity contribution >= 4 is 42.1 Å². The molecule has 2 fully saturated rings. The third-order valence-corrected chi connectivity index (χ3v) is 7.05. The lowest BCUT2D eigenvalue weighted by Crippen LogP contribution is -2.36. The molecular formula is C19H27ClN5O9P. The Hall–Kier alpha value is -1.90. The highest BCUT2D eigenvalue weighted by Crippen LogP contribution is 2.43. The van der Waals surface area contributed by atoms with E-state index in [4.69, 9.17) is 21.1 Å². The van der Waals surface area contributed by atoms with E-state index >= 15 is 0 Å². The van der Waals surface area contributed by atoms with Crippen LogP contribution in [-0.4, -0.2) is 88.9 Å². The first-order chi connectivity index (χ1) is 16.6. The van der Waals surface area contributed by atoms with Crippen molar-refractivity contribution in [2.75, 3.05) is 18.5 Å². The quantitative estimate of drug-likeness (QED) is 0.169. The van der Waals surface area contributed by atoms with E-state index in [1.807, 2.05) is 0 Å². The number of esters is 1. The summed E-state index contributed by atoms with van der Waals surface area (Å²) in [6, 6.07) is 0.229. The summed E-state index contributed by atoms with van der Waals surface area (Å²) in [5.41, 5.74) is 0.651. The van der Waals surface area contributed by atoms with Gasteiger partial charge in [0.2, 0.25) is 5.28 Å². The number of aliphatic hydroxyl groups is 2. The van der Waals surface area contributed by atoms with E-state index in [0.29, 0.717) is 11.3 Å². The fourth-order valence-corrected chi connectivity index (χ4v) is 5.03. The van der Waals surface area contributed by atoms with Gasteiger partial charge in [-0.15, -0.1) is 0 Å². The Bertz CT molecular complexity index is 1110. The zero-order valence-corrected chi connectivity index (χ0v) is 20.4. The van der Waals surface area contributed by atoms with Crippen LogP contribution in [-0.2, 0) is 23.6 Å². The molecule has 0 spiro atoms. The van der Waals surface area contributed by atoms with Gasteiger partial charge in [0.1, 0.15) is 18.3 Å². The van der Waals surface area contributed by atoms with Crippen LogP contribution >= 0.6 is 19.2 Å². The molecule has 14 nitrogen and oxygen atoms in total. The Morgan fingerprint density at radius 2 is 2.03 bits per heavy atom. The zero-order valence-electron chi connectivity index (χ0n) is 18.7. The van der Waals surface area contributed by atoms with Crippen molar-refractivity contribution in [2.45, 2.75) is 69.0 Å². The number of anilines is 1. The molecular weight excluding hydrogens is 509 g/mol. The van der Waals surface area contributed by atoms with Crippen LogP contribution in [0.1, 0.15) is 38.8 Å². The first kappa shape index (κ1) is 26.2. The van der Waals surface area contributed by atoms with Crippen LogP contribution in [0.3, 0.4) is 0 Å². The molecule has 1 aliphatic carbocycles. The number of ether oxygens (including phenoxy) is 3. The molecule has 5 N–H and O–H groups in total. The standard InChI is InChI=1S/C19H27ClN5O9P/c1-2-32-17(28)18(35(29,30)31)33-7-10-12(26)13(27)16(34-10)25-8-21-11-14(22-9-5-3-4-6-9)23-19(20)24-15(11)25/h8-10,12-13,16,18,26-27H,2-7H2,1H3,(H,22,23,24)(H2,29,30,31). The van der Waals surface area contributed by atoms with Crippen molar-refractivity contribution in [3.05, 3.63) is 11.6 Å². The second kappa shape index (κ2) is 10.6. The Morgan fingerprint density at radius 3 is 2.69 bits per heavy atom. The lowest BCUT2D eigenvalue weighted by Gasteiger charge is -2.21. The van der Waals surface area contributed by atoms with Crippen LogP contribution < -0.4 is 5.32 Å². The van der Waals surface area contributed by atoms with Gasteiger partial charge in [0, 0.05) is 6.04 Å². The topological polar surface area (TPSA) is 198 Å². The number of carbonyl (C=O) groups excluding carboxylic acids is 1. The molecule has 2 aromatic heterocycles. The molecule has 0 bridgehead atoms. The Kier molecular flexibility index (Phi) is 7.93. The van der Waals surface area contributed by atoms with E-state index in [1.54, 1.807) is 0 Å². The van der Waals surface area contributed by atoms with Crippen molar-refractivity contribution in [1.82, 2.24) is 19.5 Å². The molecule has 5 atom stereocenters. The molecule has 4 rings (SSSR count). The summed E-state index contributed by atoms with van der Waals surface area (Å²) in [5.74, 6) is -3.00. The predicted molar refractivity (Wildman–Crippen MR) is 121 cm³/mol. The maximum absolute atomic E-state index is 11.9. The smallest absolute Gasteiger partial charge is 0.365 e. The summed E-state index contributed by atoms with van der Waals surface area (Å²) >= 11 is 6.13. The Balaban J connectivity index is 1.53. The first-order valence-corrected chi connectivity index (χ1v) is 13.2. The molecule has 3 heterocycles. The fourth-order valence-electron chi connectivity index (χ4n) is 4.24. The number of rotatable bonds is 9. The summed E-state index contributed by atoms with van der Waals surface area (Å²) in [5, 5.41) is 24.4. The molecule has 35 heavy (non-hydrogen) atoms. The van der Waals surface area contributed by atoms with E-state index < -0.39 is 50.6 Å². The normalized spacial score (nSPS) is 26.3. The van der Waals surface area contributed by atoms with Gasteiger partial charge in [-0.2, -0.15) is 9.97 Å². The third-order valence-electron chi connectivity index (χ3n) is 5.91. The second-order valence-corrected chi connectivity index (χ2v) is 10.3. The number of nitrogens with zero attached hydrogens (tertiary/aromatic N) is 4. The second-order valence-electron chi connectivity index (χ2n) is 8.36. The number of hydrogen-bond acceptors (Lipinski definition) is 11. The molecule has 194 valence electrons. The van der Waals surface area contributed by atoms with E-state index in [9.17, 15) is 29.4 Å². The van der Waals surface area contributed by atoms with Crippen LogP contribution in [0.25, 0.3) is 11.2 Å². The Labute approximate surface area is 204 Å². The van der Waals surface area contributed by atoms with Crippen LogP contribution in [0.15, 0.2) is 6.33 Å². The fraction of sp³-hybridized carbons (Fsp3) is 0.684. The number of aliphatic hydroxyl groups excluding tert-OH is 2. The highest BCUT2D eigenvalue weighted by molar-refractivity contribution is 7.53. The number of hydrogen-bond donors (Lipinski definition) is 5. The zero-order chi connectivity index (χ0) is 25.3. The van der Waals surface area contributed by atoms with Gasteiger partial charge in [0.05, 0.1) is 19.5 Å². The number of nitrogens with one attached hydrogen (secondary N) is 1. The number of imidazole rings is 1. The van der Waals surface area contributed by atoms with Crippen LogP contribution in [0, 0.1) is 0 Å². The molecule has 0 radical (unpaired) electrons. The summed E-state index contributed by atoms with van der Waals surface area (Å²) in [7, 11) is -5.02. The minimum Gasteiger partial charge on any atom is -0.464 e. The lowest BCUT2D eigenvalue weighted by atomic mass is 10.1. The summed E-state index contributed by atoms with van der Waals surface area (Å²) in [6.45, 7) is 0.747. The predicted octanol–water partition coefficient (Wildman–Crippen LogP) is 0.537. The molecule has 0 aromatic carbocycles. The molecule has 16 heteroatoms. The van der Waals surface area contributed by atoms with Gasteiger partial charge >= 0.3 is 13.6 Å². The highest BCUT2D eigenvalue weighted by Gasteiger charge is 2.46. The van der Waals surface area contributed by atoms with Gasteiger partial charge in [-0.25, -0.2) is 9.78 Å². The van der Waals surface area contributed by atoms with E-state index in [-0.39, 0.29) is 23.6 Å². The molecule has 5 unspecified atom stereocenters. The first-order valence-electron chi connectivity index (χ1n) is 11.1. The van der Waals surface area contributed by atoms with Crippen molar-refractivity contribution in [2.24, 2.45) is 0 Å². The van der Waals surface area contributed by atoms with Gasteiger partial charge in [0.25, 0.3) is 5.85 Å². The molecule has 2 aromatic rings. The number of halogens is 1. The summed E-state index contributed by atoms with van der Waals surface area (Å²) in [4.78, 5) is 43.5. The molecule has 1 saturated heterocycles. The SMILES string of the molecule is CCOC(=O)C(OCC1OC(n2cnc3c(NC4CCCC4)nc(Cl)nc32)C(O)C1O)P(=O)(O)O. The maximum Gasteiger partial charge on any atom is 0.365 e. The van der Waals surface area contributed by atoms with Gasteiger partial charge in [0.15, 0.2) is 23.2 Å². The highest BCUT2D eigenvalue weighted by atomic mass is 35.5. The summed E-state index contributed by atoms with van der Waals surface area (Å²) in [6.07, 6.45) is 0.160. The van der Waals surface area contributed by atoms with Gasteiger partial charge < -0.3 is 39.5 Å². The largest absolute Gasteiger partial charge is 0.464 e. The van der Waals surface area contributed by atoms with Crippen molar-refractivity contribution in [3.63, 3.8) is 0 Å². The van der Waals surface area contributed by atoms with Crippen LogP contribution in [0.4, 0.5) is 5.82 Å². The van der Waals surface area contributed by atoms with E-state index in [2.05, 4.69) is 25.0 Å². The van der Waals surface area contributed by atoms with E-state index in [1.165, 1.54) is 17.8 Å². The average molecular weight is 536 g/mol. The van der Waals surface area contributed by atoms with Crippen molar-refractivity contribution in [3.8, 4) is 0 Å². The van der Waals surface area contributed by atoms with Crippen molar-refractivity contribution in [1.29, 1.82) is 0 Å². The van der Waals surface area contributed by atoms with Gasteiger partial charge in [-0.1, -0.05) is 12.8 Å². The molecule has 2 aliphatic rings. The minimum atomic E-state index is -5.02. The number of carbonyl (C=O) groups is 1. The Morgan fingerprint density at radius 1 is 1.31 bits per heavy atom. The number of fused-ring (bicyclic) bond motifs is 1. The van der Waals surface area contributed by atoms with Gasteiger partial charge in [-0.3, -0.25) is 9.13 Å². The molecule has 0 amide bonds. The number of aromatic nitrogens is 4. The van der Waals surface area contributed by atoms with Crippen molar-refractivity contribution < 1.29 is 43.6 Å². The summed E-state index contributed by atoms with van der Waals surface area (Å²) < 4.78 is 28.5. The maximum atomic E-state index is 11.9. The van der Waals surface area contributed by atoms with Crippen LogP contribution in [0.5, 0.6) is 0 Å². The molecule has 1 saturated carbocycles. The van der Waals surface area contributed by atoms with Crippen LogP contribution in [0.2, 0.25) is 5.28 Å². The third kappa shape index (κ3) is 5.59. The van der Waals surface area contributed by atoms with E-state index in [0.717, 1.165) is 25.7 Å². The molecule has 1 aliphatic heterocycles. The lowest BCUT2D eigenvalue weighted by molar-refractivity contribution is -0.155. The minimum absolute atomic E-state index is 0.0495. The monoisotopic (exact) mass is 535 g/mol. The average Bonchev–Trinajstić information content (AvgIpc) is 3.49. The van der Waals surface area contributed by atoms with Gasteiger partial charge in [-0.05, 0) is 31.4 Å².